The van der Waals surface area contributed by atoms with Gasteiger partial charge >= 0.3 is 5.97 Å². The molecule has 2 rings (SSSR count). The van der Waals surface area contributed by atoms with Crippen LogP contribution in [0.1, 0.15) is 35.0 Å². The van der Waals surface area contributed by atoms with Crippen molar-refractivity contribution in [1.29, 1.82) is 0 Å². The first-order valence-corrected chi connectivity index (χ1v) is 9.09. The number of hydrogen-bond acceptors (Lipinski definition) is 4. The normalized spacial score (nSPS) is 11.7. The zero-order valence-corrected chi connectivity index (χ0v) is 16.5. The van der Waals surface area contributed by atoms with Crippen molar-refractivity contribution in [3.05, 3.63) is 57.3 Å². The van der Waals surface area contributed by atoms with Crippen molar-refractivity contribution in [2.75, 3.05) is 7.11 Å². The van der Waals surface area contributed by atoms with Crippen molar-refractivity contribution < 1.29 is 19.4 Å². The molecule has 0 spiro atoms. The van der Waals surface area contributed by atoms with Crippen molar-refractivity contribution >= 4 is 35.1 Å². The van der Waals surface area contributed by atoms with Gasteiger partial charge in [-0.05, 0) is 30.5 Å². The number of nitrogens with one attached hydrogen (secondary N) is 1. The third-order valence-electron chi connectivity index (χ3n) is 4.13. The van der Waals surface area contributed by atoms with Gasteiger partial charge in [-0.25, -0.2) is 4.98 Å². The second kappa shape index (κ2) is 9.58. The molecule has 1 aromatic heterocycles. The predicted octanol–water partition coefficient (Wildman–Crippen LogP) is 3.98. The second-order valence-electron chi connectivity index (χ2n) is 5.96. The summed E-state index contributed by atoms with van der Waals surface area (Å²) in [5, 5.41) is 12.5. The standard InChI is InChI=1S/C19H20Cl2N2O4/c1-3-12(19(25)26)6-11-4-5-16(27-2)13(7-11)9-23-18(24)17-15(21)8-14(20)10-22-17/h4-5,7-8,10,12H,3,6,9H2,1-2H3,(H,23,24)(H,25,26). The molecule has 1 aromatic carbocycles. The summed E-state index contributed by atoms with van der Waals surface area (Å²) < 4.78 is 5.33. The predicted molar refractivity (Wildman–Crippen MR) is 104 cm³/mol. The highest BCUT2D eigenvalue weighted by Crippen LogP contribution is 2.23. The minimum atomic E-state index is -0.827. The number of carboxylic acid groups (broad SMARTS) is 1. The van der Waals surface area contributed by atoms with E-state index in [0.29, 0.717) is 23.6 Å². The highest BCUT2D eigenvalue weighted by Gasteiger charge is 2.17. The van der Waals surface area contributed by atoms with Gasteiger partial charge in [0.1, 0.15) is 11.4 Å². The van der Waals surface area contributed by atoms with Gasteiger partial charge in [0.15, 0.2) is 0 Å². The Morgan fingerprint density at radius 3 is 2.63 bits per heavy atom. The van der Waals surface area contributed by atoms with Crippen molar-refractivity contribution in [2.24, 2.45) is 5.92 Å². The zero-order valence-electron chi connectivity index (χ0n) is 15.0. The highest BCUT2D eigenvalue weighted by atomic mass is 35.5. The summed E-state index contributed by atoms with van der Waals surface area (Å²) in [5.74, 6) is -1.14. The second-order valence-corrected chi connectivity index (χ2v) is 6.80. The molecular weight excluding hydrogens is 391 g/mol. The lowest BCUT2D eigenvalue weighted by Crippen LogP contribution is -2.24. The fraction of sp³-hybridized carbons (Fsp3) is 0.316. The minimum absolute atomic E-state index is 0.0770. The molecular formula is C19H20Cl2N2O4. The summed E-state index contributed by atoms with van der Waals surface area (Å²) >= 11 is 11.8. The summed E-state index contributed by atoms with van der Waals surface area (Å²) in [4.78, 5) is 27.5. The molecule has 0 aliphatic rings. The maximum atomic E-state index is 12.3. The Labute approximate surface area is 167 Å². The Morgan fingerprint density at radius 2 is 2.04 bits per heavy atom. The van der Waals surface area contributed by atoms with E-state index in [9.17, 15) is 14.7 Å². The van der Waals surface area contributed by atoms with Crippen LogP contribution in [-0.4, -0.2) is 29.1 Å². The van der Waals surface area contributed by atoms with Crippen LogP contribution in [0.4, 0.5) is 0 Å². The van der Waals surface area contributed by atoms with E-state index >= 15 is 0 Å². The first-order valence-electron chi connectivity index (χ1n) is 8.33. The van der Waals surface area contributed by atoms with Gasteiger partial charge in [0.2, 0.25) is 0 Å². The van der Waals surface area contributed by atoms with E-state index in [1.165, 1.54) is 19.4 Å². The van der Waals surface area contributed by atoms with E-state index in [2.05, 4.69) is 10.3 Å². The first-order chi connectivity index (χ1) is 12.8. The lowest BCUT2D eigenvalue weighted by atomic mass is 9.95. The number of benzene rings is 1. The quantitative estimate of drug-likeness (QED) is 0.686. The van der Waals surface area contributed by atoms with Gasteiger partial charge in [0.05, 0.1) is 23.1 Å². The van der Waals surface area contributed by atoms with Gasteiger partial charge in [-0.15, -0.1) is 0 Å². The smallest absolute Gasteiger partial charge is 0.306 e. The lowest BCUT2D eigenvalue weighted by molar-refractivity contribution is -0.141. The molecule has 27 heavy (non-hydrogen) atoms. The molecule has 0 bridgehead atoms. The third-order valence-corrected chi connectivity index (χ3v) is 4.63. The van der Waals surface area contributed by atoms with E-state index in [4.69, 9.17) is 27.9 Å². The number of methoxy groups -OCH3 is 1. The molecule has 6 nitrogen and oxygen atoms in total. The number of nitrogens with zero attached hydrogens (tertiary/aromatic N) is 1. The lowest BCUT2D eigenvalue weighted by Gasteiger charge is -2.14. The van der Waals surface area contributed by atoms with Gasteiger partial charge in [0, 0.05) is 18.3 Å². The Morgan fingerprint density at radius 1 is 1.30 bits per heavy atom. The third kappa shape index (κ3) is 5.58. The molecule has 1 unspecified atom stereocenters. The van der Waals surface area contributed by atoms with Crippen LogP contribution in [0, 0.1) is 5.92 Å². The van der Waals surface area contributed by atoms with Crippen LogP contribution in [0.3, 0.4) is 0 Å². The van der Waals surface area contributed by atoms with Crippen LogP contribution in [0.15, 0.2) is 30.5 Å². The number of hydrogen-bond donors (Lipinski definition) is 2. The maximum absolute atomic E-state index is 12.3. The molecule has 1 heterocycles. The largest absolute Gasteiger partial charge is 0.496 e. The number of halogens is 2. The molecule has 2 N–H and O–H groups in total. The zero-order chi connectivity index (χ0) is 20.0. The van der Waals surface area contributed by atoms with Gasteiger partial charge in [-0.1, -0.05) is 42.3 Å². The molecule has 0 saturated carbocycles. The number of amides is 1. The van der Waals surface area contributed by atoms with E-state index in [1.54, 1.807) is 6.07 Å². The SMILES string of the molecule is CCC(Cc1ccc(OC)c(CNC(=O)c2ncc(Cl)cc2Cl)c1)C(=O)O. The van der Waals surface area contributed by atoms with Gasteiger partial charge in [-0.3, -0.25) is 9.59 Å². The summed E-state index contributed by atoms with van der Waals surface area (Å²) in [6.45, 7) is 2.02. The topological polar surface area (TPSA) is 88.5 Å². The molecule has 0 aliphatic heterocycles. The van der Waals surface area contributed by atoms with Crippen molar-refractivity contribution in [1.82, 2.24) is 10.3 Å². The average Bonchev–Trinajstić information content (AvgIpc) is 2.63. The summed E-state index contributed by atoms with van der Waals surface area (Å²) in [6, 6.07) is 6.87. The maximum Gasteiger partial charge on any atom is 0.306 e. The van der Waals surface area contributed by atoms with E-state index in [0.717, 1.165) is 11.1 Å². The molecule has 144 valence electrons. The number of aromatic nitrogens is 1. The van der Waals surface area contributed by atoms with E-state index in [1.807, 2.05) is 19.1 Å². The number of carbonyl (C=O) groups is 2. The Bertz CT molecular complexity index is 842. The van der Waals surface area contributed by atoms with Crippen LogP contribution < -0.4 is 10.1 Å². The Balaban J connectivity index is 2.15. The van der Waals surface area contributed by atoms with Gasteiger partial charge < -0.3 is 15.2 Å². The van der Waals surface area contributed by atoms with Crippen molar-refractivity contribution in [3.63, 3.8) is 0 Å². The van der Waals surface area contributed by atoms with Crippen molar-refractivity contribution in [2.45, 2.75) is 26.3 Å². The van der Waals surface area contributed by atoms with Crippen LogP contribution in [0.2, 0.25) is 10.0 Å². The number of ether oxygens (including phenoxy) is 1. The van der Waals surface area contributed by atoms with Crippen molar-refractivity contribution in [3.8, 4) is 5.75 Å². The molecule has 1 atom stereocenters. The first kappa shape index (κ1) is 21.0. The molecule has 1 amide bonds. The van der Waals surface area contributed by atoms with Crippen LogP contribution >= 0.6 is 23.2 Å². The monoisotopic (exact) mass is 410 g/mol. The van der Waals surface area contributed by atoms with Crippen LogP contribution in [0.5, 0.6) is 5.75 Å². The fourth-order valence-electron chi connectivity index (χ4n) is 2.63. The molecule has 2 aromatic rings. The van der Waals surface area contributed by atoms with E-state index < -0.39 is 17.8 Å². The average molecular weight is 411 g/mol. The Kier molecular flexibility index (Phi) is 7.45. The molecule has 0 fully saturated rings. The van der Waals surface area contributed by atoms with Gasteiger partial charge in [-0.2, -0.15) is 0 Å². The summed E-state index contributed by atoms with van der Waals surface area (Å²) in [6.07, 6.45) is 2.29. The highest BCUT2D eigenvalue weighted by molar-refractivity contribution is 6.36. The number of rotatable bonds is 8. The summed E-state index contributed by atoms with van der Waals surface area (Å²) in [5.41, 5.74) is 1.67. The molecule has 0 aliphatic carbocycles. The Hall–Kier alpha value is -2.31. The fourth-order valence-corrected chi connectivity index (χ4v) is 3.09. The van der Waals surface area contributed by atoms with Crippen LogP contribution in [-0.2, 0) is 17.8 Å². The molecule has 8 heteroatoms. The number of carbonyl (C=O) groups excluding carboxylic acids is 1. The molecule has 0 radical (unpaired) electrons. The number of aliphatic carboxylic acids is 1. The minimum Gasteiger partial charge on any atom is -0.496 e. The number of carboxylic acids is 1. The number of pyridine rings is 1. The van der Waals surface area contributed by atoms with Crippen LogP contribution in [0.25, 0.3) is 0 Å². The molecule has 0 saturated heterocycles. The van der Waals surface area contributed by atoms with Gasteiger partial charge in [0.25, 0.3) is 5.91 Å². The summed E-state index contributed by atoms with van der Waals surface area (Å²) in [7, 11) is 1.53. The van der Waals surface area contributed by atoms with E-state index in [-0.39, 0.29) is 17.3 Å².